The van der Waals surface area contributed by atoms with Gasteiger partial charge >= 0.3 is 0 Å². The lowest BCUT2D eigenvalue weighted by molar-refractivity contribution is 0.0571. The second-order valence-corrected chi connectivity index (χ2v) is 5.17. The average Bonchev–Trinajstić information content (AvgIpc) is 2.50. The van der Waals surface area contributed by atoms with Crippen LogP contribution in [0.25, 0.3) is 0 Å². The van der Waals surface area contributed by atoms with Crippen LogP contribution >= 0.6 is 11.6 Å². The molecular weight excluding hydrogens is 270 g/mol. The van der Waals surface area contributed by atoms with E-state index >= 15 is 0 Å². The van der Waals surface area contributed by atoms with Crippen LogP contribution in [0, 0.1) is 0 Å². The first-order chi connectivity index (χ1) is 9.79. The lowest BCUT2D eigenvalue weighted by Crippen LogP contribution is -2.16. The Balaban J connectivity index is 1.78. The van der Waals surface area contributed by atoms with E-state index in [-0.39, 0.29) is 6.10 Å². The van der Waals surface area contributed by atoms with Crippen molar-refractivity contribution in [1.82, 2.24) is 0 Å². The van der Waals surface area contributed by atoms with Gasteiger partial charge in [-0.3, -0.25) is 0 Å². The number of hydrogen-bond acceptors (Lipinski definition) is 2. The van der Waals surface area contributed by atoms with E-state index in [1.807, 2.05) is 30.3 Å². The van der Waals surface area contributed by atoms with Gasteiger partial charge in [-0.15, -0.1) is 0 Å². The number of ether oxygens (including phenoxy) is 1. The van der Waals surface area contributed by atoms with Crippen LogP contribution in [0.4, 0.5) is 0 Å². The molecule has 2 nitrogen and oxygen atoms in total. The predicted molar refractivity (Wildman–Crippen MR) is 84.0 cm³/mol. The number of benzene rings is 2. The van der Waals surface area contributed by atoms with Gasteiger partial charge in [0.1, 0.15) is 0 Å². The third-order valence-corrected chi connectivity index (χ3v) is 3.48. The fourth-order valence-corrected chi connectivity index (χ4v) is 2.25. The van der Waals surface area contributed by atoms with E-state index in [1.165, 1.54) is 5.56 Å². The Labute approximate surface area is 125 Å². The molecule has 0 aliphatic rings. The minimum absolute atomic E-state index is 0.0527. The first-order valence-electron chi connectivity index (χ1n) is 6.90. The molecule has 2 aromatic carbocycles. The summed E-state index contributed by atoms with van der Waals surface area (Å²) in [5.74, 6) is 0. The van der Waals surface area contributed by atoms with Crippen LogP contribution in [0.5, 0.6) is 0 Å². The van der Waals surface area contributed by atoms with Crippen LogP contribution in [0.3, 0.4) is 0 Å². The van der Waals surface area contributed by atoms with E-state index in [4.69, 9.17) is 22.1 Å². The third-order valence-electron chi connectivity index (χ3n) is 3.23. The Kier molecular flexibility index (Phi) is 6.06. The highest BCUT2D eigenvalue weighted by atomic mass is 35.5. The van der Waals surface area contributed by atoms with Crippen molar-refractivity contribution in [1.29, 1.82) is 0 Å². The Morgan fingerprint density at radius 1 is 1.00 bits per heavy atom. The van der Waals surface area contributed by atoms with Crippen molar-refractivity contribution in [3.63, 3.8) is 0 Å². The number of rotatable bonds is 7. The Morgan fingerprint density at radius 3 is 2.35 bits per heavy atom. The van der Waals surface area contributed by atoms with Gasteiger partial charge in [0.15, 0.2) is 0 Å². The smallest absolute Gasteiger partial charge is 0.0947 e. The molecule has 0 aromatic heterocycles. The van der Waals surface area contributed by atoms with Gasteiger partial charge in [-0.25, -0.2) is 0 Å². The summed E-state index contributed by atoms with van der Waals surface area (Å²) in [4.78, 5) is 0. The van der Waals surface area contributed by atoms with Gasteiger partial charge in [-0.05, 0) is 36.1 Å². The third kappa shape index (κ3) is 4.64. The van der Waals surface area contributed by atoms with Crippen molar-refractivity contribution >= 4 is 11.6 Å². The standard InChI is InChI=1S/C17H20ClNO/c18-16-10-8-15(9-11-16)17(13-19)20-12-4-7-14-5-2-1-3-6-14/h1-3,5-6,8-11,17H,4,7,12-13,19H2. The number of hydrogen-bond donors (Lipinski definition) is 1. The van der Waals surface area contributed by atoms with Gasteiger partial charge in [-0.1, -0.05) is 54.1 Å². The van der Waals surface area contributed by atoms with Gasteiger partial charge in [0.05, 0.1) is 6.10 Å². The second-order valence-electron chi connectivity index (χ2n) is 4.74. The molecule has 2 N–H and O–H groups in total. The normalized spacial score (nSPS) is 12.3. The highest BCUT2D eigenvalue weighted by molar-refractivity contribution is 6.30. The molecular formula is C17H20ClNO. The molecule has 0 radical (unpaired) electrons. The first kappa shape index (κ1) is 15.0. The Morgan fingerprint density at radius 2 is 1.70 bits per heavy atom. The van der Waals surface area contributed by atoms with Gasteiger partial charge in [0, 0.05) is 18.2 Å². The monoisotopic (exact) mass is 289 g/mol. The van der Waals surface area contributed by atoms with Crippen molar-refractivity contribution in [2.24, 2.45) is 5.73 Å². The largest absolute Gasteiger partial charge is 0.372 e. The molecule has 3 heteroatoms. The highest BCUT2D eigenvalue weighted by Crippen LogP contribution is 2.19. The Bertz CT molecular complexity index is 498. The zero-order chi connectivity index (χ0) is 14.2. The van der Waals surface area contributed by atoms with E-state index in [0.29, 0.717) is 13.2 Å². The van der Waals surface area contributed by atoms with E-state index < -0.39 is 0 Å². The van der Waals surface area contributed by atoms with Gasteiger partial charge in [0.25, 0.3) is 0 Å². The molecule has 0 saturated carbocycles. The summed E-state index contributed by atoms with van der Waals surface area (Å²) in [6.07, 6.45) is 1.97. The maximum atomic E-state index is 5.88. The number of halogens is 1. The maximum absolute atomic E-state index is 5.88. The summed E-state index contributed by atoms with van der Waals surface area (Å²) >= 11 is 5.88. The van der Waals surface area contributed by atoms with Crippen molar-refractivity contribution in [3.05, 3.63) is 70.7 Å². The number of nitrogens with two attached hydrogens (primary N) is 1. The van der Waals surface area contributed by atoms with Crippen LogP contribution in [-0.2, 0) is 11.2 Å². The molecule has 0 aliphatic carbocycles. The highest BCUT2D eigenvalue weighted by Gasteiger charge is 2.09. The molecule has 2 rings (SSSR count). The van der Waals surface area contributed by atoms with Crippen LogP contribution in [0.2, 0.25) is 5.02 Å². The summed E-state index contributed by atoms with van der Waals surface area (Å²) in [6.45, 7) is 1.19. The molecule has 106 valence electrons. The zero-order valence-corrected chi connectivity index (χ0v) is 12.2. The zero-order valence-electron chi connectivity index (χ0n) is 11.5. The van der Waals surface area contributed by atoms with Crippen LogP contribution in [0.1, 0.15) is 23.7 Å². The quantitative estimate of drug-likeness (QED) is 0.782. The topological polar surface area (TPSA) is 35.2 Å². The maximum Gasteiger partial charge on any atom is 0.0947 e. The predicted octanol–water partition coefficient (Wildman–Crippen LogP) is 3.99. The average molecular weight is 290 g/mol. The Hall–Kier alpha value is -1.35. The summed E-state index contributed by atoms with van der Waals surface area (Å²) in [6, 6.07) is 18.1. The van der Waals surface area contributed by atoms with Crippen molar-refractivity contribution in [3.8, 4) is 0 Å². The summed E-state index contributed by atoms with van der Waals surface area (Å²) in [7, 11) is 0. The van der Waals surface area contributed by atoms with Crippen molar-refractivity contribution in [2.45, 2.75) is 18.9 Å². The van der Waals surface area contributed by atoms with Crippen molar-refractivity contribution < 1.29 is 4.74 Å². The van der Waals surface area contributed by atoms with Crippen molar-refractivity contribution in [2.75, 3.05) is 13.2 Å². The lowest BCUT2D eigenvalue weighted by Gasteiger charge is -2.16. The lowest BCUT2D eigenvalue weighted by atomic mass is 10.1. The molecule has 20 heavy (non-hydrogen) atoms. The van der Waals surface area contributed by atoms with Crippen LogP contribution < -0.4 is 5.73 Å². The summed E-state index contributed by atoms with van der Waals surface area (Å²) in [5, 5.41) is 0.730. The van der Waals surface area contributed by atoms with Gasteiger partial charge < -0.3 is 10.5 Å². The minimum Gasteiger partial charge on any atom is -0.372 e. The molecule has 0 saturated heterocycles. The molecule has 1 unspecified atom stereocenters. The first-order valence-corrected chi connectivity index (χ1v) is 7.28. The number of aryl methyl sites for hydroxylation is 1. The molecule has 1 atom stereocenters. The molecule has 0 heterocycles. The minimum atomic E-state index is -0.0527. The van der Waals surface area contributed by atoms with E-state index in [1.54, 1.807) is 0 Å². The van der Waals surface area contributed by atoms with Gasteiger partial charge in [-0.2, -0.15) is 0 Å². The second kappa shape index (κ2) is 8.05. The van der Waals surface area contributed by atoms with Crippen LogP contribution in [-0.4, -0.2) is 13.2 Å². The molecule has 2 aromatic rings. The fourth-order valence-electron chi connectivity index (χ4n) is 2.12. The molecule has 0 fully saturated rings. The van der Waals surface area contributed by atoms with Crippen LogP contribution in [0.15, 0.2) is 54.6 Å². The van der Waals surface area contributed by atoms with E-state index in [0.717, 1.165) is 23.4 Å². The molecule has 0 bridgehead atoms. The summed E-state index contributed by atoms with van der Waals surface area (Å²) in [5.41, 5.74) is 8.20. The molecule has 0 spiro atoms. The fraction of sp³-hybridized carbons (Fsp3) is 0.294. The summed E-state index contributed by atoms with van der Waals surface area (Å²) < 4.78 is 5.87. The molecule has 0 amide bonds. The SMILES string of the molecule is NCC(OCCCc1ccccc1)c1ccc(Cl)cc1. The van der Waals surface area contributed by atoms with E-state index in [9.17, 15) is 0 Å². The van der Waals surface area contributed by atoms with Gasteiger partial charge in [0.2, 0.25) is 0 Å². The molecule has 0 aliphatic heterocycles. The van der Waals surface area contributed by atoms with E-state index in [2.05, 4.69) is 24.3 Å².